The molecule has 3 N–H and O–H groups in total. The summed E-state index contributed by atoms with van der Waals surface area (Å²) in [4.78, 5) is 39.2. The Kier molecular flexibility index (Phi) is 7.72. The minimum atomic E-state index is -5.24. The molecule has 2 aromatic rings. The second kappa shape index (κ2) is 11.0. The van der Waals surface area contributed by atoms with E-state index in [1.807, 2.05) is 35.2 Å². The lowest BCUT2D eigenvalue weighted by Crippen LogP contribution is -2.60. The molecule has 0 bridgehead atoms. The Hall–Kier alpha value is -3.32. The van der Waals surface area contributed by atoms with Gasteiger partial charge >= 0.3 is 12.1 Å². The van der Waals surface area contributed by atoms with Crippen molar-refractivity contribution < 1.29 is 22.8 Å². The molecule has 39 heavy (non-hydrogen) atoms. The maximum absolute atomic E-state index is 13.9. The molecule has 13 heteroatoms. The number of halogens is 3. The molecular formula is C26H34F3N7O3. The van der Waals surface area contributed by atoms with Crippen LogP contribution in [0.1, 0.15) is 50.5 Å². The first-order valence-electron chi connectivity index (χ1n) is 13.4. The van der Waals surface area contributed by atoms with Crippen LogP contribution in [-0.4, -0.2) is 58.1 Å². The Morgan fingerprint density at radius 2 is 1.85 bits per heavy atom. The quantitative estimate of drug-likeness (QED) is 0.562. The summed E-state index contributed by atoms with van der Waals surface area (Å²) in [5, 5.41) is 4.15. The van der Waals surface area contributed by atoms with Crippen LogP contribution in [0, 0.1) is 0 Å². The molecule has 1 aliphatic carbocycles. The third kappa shape index (κ3) is 5.69. The molecule has 0 spiro atoms. The molecule has 3 heterocycles. The fraction of sp³-hybridized carbons (Fsp3) is 0.577. The van der Waals surface area contributed by atoms with Crippen molar-refractivity contribution in [2.75, 3.05) is 28.4 Å². The van der Waals surface area contributed by atoms with Gasteiger partial charge in [0.25, 0.3) is 5.56 Å². The van der Waals surface area contributed by atoms with Crippen LogP contribution in [0.5, 0.6) is 0 Å². The van der Waals surface area contributed by atoms with Crippen molar-refractivity contribution in [1.29, 1.82) is 0 Å². The van der Waals surface area contributed by atoms with E-state index in [1.165, 1.54) is 4.57 Å². The number of hydroxylamine groups is 1. The third-order valence-electron chi connectivity index (χ3n) is 7.60. The van der Waals surface area contributed by atoms with Gasteiger partial charge in [-0.05, 0) is 31.2 Å². The molecule has 212 valence electrons. The van der Waals surface area contributed by atoms with Crippen LogP contribution >= 0.6 is 0 Å². The number of rotatable bonds is 6. The van der Waals surface area contributed by atoms with Crippen LogP contribution in [0.25, 0.3) is 0 Å². The minimum absolute atomic E-state index is 0.0645. The zero-order chi connectivity index (χ0) is 27.7. The van der Waals surface area contributed by atoms with Crippen LogP contribution in [0.3, 0.4) is 0 Å². The topological polar surface area (TPSA) is 109 Å². The minimum Gasteiger partial charge on any atom is -0.353 e. The molecule has 2 unspecified atom stereocenters. The third-order valence-corrected chi connectivity index (χ3v) is 7.60. The van der Waals surface area contributed by atoms with E-state index in [-0.39, 0.29) is 36.1 Å². The normalized spacial score (nSPS) is 22.6. The molecule has 1 aromatic carbocycles. The molecule has 2 aliphatic heterocycles. The standard InChI is InChI=1S/C26H34F3N7O3/c1-33-22(37)20-21(32-24(33)31-19-12-6-3-7-13-19)36(39-23(38)26(27,28)29)25(34-14-8-11-18(30)16-34)35(20)15-17-9-4-2-5-10-17/h2,4-5,9-10,18-19,25H,3,6-8,11-16,30H2,1H3,(H,31,32). The van der Waals surface area contributed by atoms with E-state index in [4.69, 9.17) is 10.6 Å². The molecule has 3 aliphatic rings. The highest BCUT2D eigenvalue weighted by Gasteiger charge is 2.50. The number of benzene rings is 1. The van der Waals surface area contributed by atoms with E-state index in [1.54, 1.807) is 11.9 Å². The fourth-order valence-corrected chi connectivity index (χ4v) is 5.66. The van der Waals surface area contributed by atoms with E-state index in [9.17, 15) is 22.8 Å². The average molecular weight is 550 g/mol. The Bertz CT molecular complexity index is 1230. The Morgan fingerprint density at radius 3 is 2.51 bits per heavy atom. The van der Waals surface area contributed by atoms with Crippen LogP contribution in [-0.2, 0) is 23.2 Å². The second-order valence-corrected chi connectivity index (χ2v) is 10.5. The van der Waals surface area contributed by atoms with Gasteiger partial charge in [0, 0.05) is 38.8 Å². The van der Waals surface area contributed by atoms with Crippen LogP contribution < -0.4 is 26.6 Å². The number of likely N-dealkylation sites (tertiary alicyclic amines) is 1. The number of carbonyl (C=O) groups is 1. The van der Waals surface area contributed by atoms with Crippen LogP contribution in [0.4, 0.5) is 30.6 Å². The second-order valence-electron chi connectivity index (χ2n) is 10.5. The SMILES string of the molecule is Cn1c(NC2CCCCC2)nc2c(c1=O)N(Cc1ccccc1)C(N1CCCC(N)C1)N2OC(=O)C(F)(F)F. The van der Waals surface area contributed by atoms with Gasteiger partial charge in [0.15, 0.2) is 12.0 Å². The van der Waals surface area contributed by atoms with Gasteiger partial charge in [-0.15, -0.1) is 5.06 Å². The van der Waals surface area contributed by atoms with Crippen LogP contribution in [0.2, 0.25) is 0 Å². The van der Waals surface area contributed by atoms with Gasteiger partial charge in [0.05, 0.1) is 0 Å². The number of hydrogen-bond acceptors (Lipinski definition) is 9. The number of hydrogen-bond donors (Lipinski definition) is 2. The van der Waals surface area contributed by atoms with Gasteiger partial charge in [-0.1, -0.05) is 49.6 Å². The van der Waals surface area contributed by atoms with Gasteiger partial charge in [-0.2, -0.15) is 18.2 Å². The number of anilines is 3. The van der Waals surface area contributed by atoms with Crippen LogP contribution in [0.15, 0.2) is 35.1 Å². The average Bonchev–Trinajstić information content (AvgIpc) is 3.20. The van der Waals surface area contributed by atoms with Gasteiger partial charge < -0.3 is 20.8 Å². The highest BCUT2D eigenvalue weighted by atomic mass is 19.4. The first-order valence-corrected chi connectivity index (χ1v) is 13.4. The number of alkyl halides is 3. The Balaban J connectivity index is 1.62. The van der Waals surface area contributed by atoms with Crippen molar-refractivity contribution in [2.45, 2.75) is 76.0 Å². The molecule has 0 radical (unpaired) electrons. The summed E-state index contributed by atoms with van der Waals surface area (Å²) in [6.45, 7) is 1.01. The summed E-state index contributed by atoms with van der Waals surface area (Å²) >= 11 is 0. The van der Waals surface area contributed by atoms with E-state index >= 15 is 0 Å². The first kappa shape index (κ1) is 27.3. The molecule has 10 nitrogen and oxygen atoms in total. The zero-order valence-electron chi connectivity index (χ0n) is 21.9. The summed E-state index contributed by atoms with van der Waals surface area (Å²) in [6, 6.07) is 9.11. The van der Waals surface area contributed by atoms with Crippen molar-refractivity contribution in [3.63, 3.8) is 0 Å². The molecule has 1 aromatic heterocycles. The van der Waals surface area contributed by atoms with Crippen molar-refractivity contribution >= 4 is 23.4 Å². The Labute approximate surface area is 224 Å². The summed E-state index contributed by atoms with van der Waals surface area (Å²) in [7, 11) is 1.58. The number of nitrogens with one attached hydrogen (secondary N) is 1. The number of nitrogens with two attached hydrogens (primary N) is 1. The summed E-state index contributed by atoms with van der Waals surface area (Å²) in [5.41, 5.74) is 6.67. The zero-order valence-corrected chi connectivity index (χ0v) is 21.9. The fourth-order valence-electron chi connectivity index (χ4n) is 5.66. The number of piperidine rings is 1. The molecule has 2 atom stereocenters. The number of carbonyl (C=O) groups excluding carboxylic acids is 1. The van der Waals surface area contributed by atoms with E-state index in [0.717, 1.165) is 49.2 Å². The van der Waals surface area contributed by atoms with Crippen molar-refractivity contribution in [1.82, 2.24) is 14.5 Å². The highest BCUT2D eigenvalue weighted by molar-refractivity contribution is 5.80. The Morgan fingerprint density at radius 1 is 1.13 bits per heavy atom. The predicted molar refractivity (Wildman–Crippen MR) is 140 cm³/mol. The molecule has 1 saturated heterocycles. The summed E-state index contributed by atoms with van der Waals surface area (Å²) in [6.07, 6.45) is 0.177. The lowest BCUT2D eigenvalue weighted by atomic mass is 9.96. The van der Waals surface area contributed by atoms with E-state index in [2.05, 4.69) is 10.3 Å². The molecule has 1 saturated carbocycles. The van der Waals surface area contributed by atoms with E-state index in [0.29, 0.717) is 19.5 Å². The van der Waals surface area contributed by atoms with Gasteiger partial charge in [-0.25, -0.2) is 4.79 Å². The van der Waals surface area contributed by atoms with Crippen molar-refractivity contribution in [3.05, 3.63) is 46.2 Å². The lowest BCUT2D eigenvalue weighted by molar-refractivity contribution is -0.203. The van der Waals surface area contributed by atoms with Crippen molar-refractivity contribution in [2.24, 2.45) is 12.8 Å². The molecular weight excluding hydrogens is 515 g/mol. The maximum Gasteiger partial charge on any atom is 0.493 e. The molecule has 5 rings (SSSR count). The predicted octanol–water partition coefficient (Wildman–Crippen LogP) is 3.08. The number of fused-ring (bicyclic) bond motifs is 1. The first-order chi connectivity index (χ1) is 18.6. The smallest absolute Gasteiger partial charge is 0.353 e. The number of nitrogens with zero attached hydrogens (tertiary/aromatic N) is 5. The van der Waals surface area contributed by atoms with Crippen molar-refractivity contribution in [3.8, 4) is 0 Å². The highest BCUT2D eigenvalue weighted by Crippen LogP contribution is 2.40. The van der Waals surface area contributed by atoms with Gasteiger partial charge in [0.1, 0.15) is 0 Å². The molecule has 0 amide bonds. The molecule has 2 fully saturated rings. The van der Waals surface area contributed by atoms with E-state index < -0.39 is 24.0 Å². The maximum atomic E-state index is 13.9. The van der Waals surface area contributed by atoms with Gasteiger partial charge in [-0.3, -0.25) is 14.3 Å². The lowest BCUT2D eigenvalue weighted by Gasteiger charge is -2.42. The number of aromatic nitrogens is 2. The summed E-state index contributed by atoms with van der Waals surface area (Å²) < 4.78 is 41.7. The summed E-state index contributed by atoms with van der Waals surface area (Å²) in [5.74, 6) is -2.30. The monoisotopic (exact) mass is 549 g/mol. The van der Waals surface area contributed by atoms with Gasteiger partial charge in [0.2, 0.25) is 11.8 Å². The largest absolute Gasteiger partial charge is 0.493 e.